The predicted octanol–water partition coefficient (Wildman–Crippen LogP) is 2.38. The van der Waals surface area contributed by atoms with Crippen LogP contribution in [0.5, 0.6) is 0 Å². The Labute approximate surface area is 189 Å². The van der Waals surface area contributed by atoms with Crippen LogP contribution >= 0.6 is 0 Å². The molecule has 0 fully saturated rings. The van der Waals surface area contributed by atoms with Crippen LogP contribution in [0.4, 0.5) is 24.8 Å². The Morgan fingerprint density at radius 3 is 2.53 bits per heavy atom. The zero-order valence-corrected chi connectivity index (χ0v) is 17.6. The van der Waals surface area contributed by atoms with Crippen molar-refractivity contribution >= 4 is 28.7 Å². The summed E-state index contributed by atoms with van der Waals surface area (Å²) in [5.41, 5.74) is 5.45. The minimum absolute atomic E-state index is 0.0448. The molecule has 4 aromatic rings. The number of benzene rings is 1. The molecule has 176 valence electrons. The van der Waals surface area contributed by atoms with E-state index in [0.717, 1.165) is 18.3 Å². The number of nitrogen functional groups attached to an aromatic ring is 1. The molecule has 0 saturated heterocycles. The molecule has 34 heavy (non-hydrogen) atoms. The van der Waals surface area contributed by atoms with Gasteiger partial charge in [-0.2, -0.15) is 13.2 Å². The maximum Gasteiger partial charge on any atom is 0.416 e. The van der Waals surface area contributed by atoms with Crippen molar-refractivity contribution in [1.82, 2.24) is 24.1 Å². The average molecular weight is 473 g/mol. The Kier molecular flexibility index (Phi) is 5.79. The number of nitrogens with two attached hydrogens (primary N) is 1. The smallest absolute Gasteiger partial charge is 0.394 e. The summed E-state index contributed by atoms with van der Waals surface area (Å²) in [6.45, 7) is 1.32. The van der Waals surface area contributed by atoms with Crippen LogP contribution in [0.3, 0.4) is 0 Å². The van der Waals surface area contributed by atoms with Gasteiger partial charge in [0.1, 0.15) is 17.7 Å². The molecular formula is C21H18F3N7O3. The van der Waals surface area contributed by atoms with Gasteiger partial charge in [-0.05, 0) is 43.3 Å². The van der Waals surface area contributed by atoms with Gasteiger partial charge in [0.15, 0.2) is 11.5 Å². The van der Waals surface area contributed by atoms with Crippen LogP contribution in [-0.2, 0) is 6.18 Å². The molecule has 0 aliphatic heterocycles. The van der Waals surface area contributed by atoms with E-state index in [1.54, 1.807) is 6.92 Å². The van der Waals surface area contributed by atoms with Crippen molar-refractivity contribution in [3.63, 3.8) is 0 Å². The average Bonchev–Trinajstić information content (AvgIpc) is 3.11. The number of aliphatic hydroxyl groups excluding tert-OH is 1. The number of rotatable bonds is 5. The number of nitrogens with one attached hydrogen (secondary N) is 1. The largest absolute Gasteiger partial charge is 0.416 e. The quantitative estimate of drug-likeness (QED) is 0.404. The standard InChI is InChI=1S/C21H18F3N7O3/c1-11(9-32)30-18-16(17(25)27-10-28-18)31(20(30)34)14-4-2-12(3-5-14)19(33)29-15-8-13(6-7-26-15)21(22,23)24/h2-8,10-11,32H,9H2,1H3,(H2,25,27,28)(H,26,29,33). The van der Waals surface area contributed by atoms with E-state index in [1.165, 1.54) is 39.7 Å². The second-order valence-electron chi connectivity index (χ2n) is 7.38. The number of hydrogen-bond acceptors (Lipinski definition) is 7. The highest BCUT2D eigenvalue weighted by Gasteiger charge is 2.31. The molecule has 13 heteroatoms. The lowest BCUT2D eigenvalue weighted by molar-refractivity contribution is -0.137. The number of aromatic nitrogens is 5. The molecule has 0 saturated carbocycles. The van der Waals surface area contributed by atoms with Crippen LogP contribution in [0, 0.1) is 0 Å². The molecule has 4 N–H and O–H groups in total. The number of fused-ring (bicyclic) bond motifs is 1. The van der Waals surface area contributed by atoms with Crippen molar-refractivity contribution in [2.24, 2.45) is 0 Å². The minimum Gasteiger partial charge on any atom is -0.394 e. The molecule has 0 spiro atoms. The van der Waals surface area contributed by atoms with Crippen molar-refractivity contribution in [3.05, 3.63) is 70.5 Å². The fourth-order valence-electron chi connectivity index (χ4n) is 3.41. The highest BCUT2D eigenvalue weighted by Crippen LogP contribution is 2.30. The number of carbonyl (C=O) groups excluding carboxylic acids is 1. The molecule has 4 rings (SSSR count). The van der Waals surface area contributed by atoms with Gasteiger partial charge in [-0.1, -0.05) is 0 Å². The number of nitrogens with zero attached hydrogens (tertiary/aromatic N) is 5. The second kappa shape index (κ2) is 8.59. The maximum absolute atomic E-state index is 13.1. The second-order valence-corrected chi connectivity index (χ2v) is 7.38. The Balaban J connectivity index is 1.68. The molecule has 0 radical (unpaired) electrons. The first-order valence-corrected chi connectivity index (χ1v) is 9.91. The van der Waals surface area contributed by atoms with Gasteiger partial charge in [-0.15, -0.1) is 0 Å². The van der Waals surface area contributed by atoms with Gasteiger partial charge in [-0.25, -0.2) is 19.7 Å². The summed E-state index contributed by atoms with van der Waals surface area (Å²) in [7, 11) is 0. The van der Waals surface area contributed by atoms with E-state index in [-0.39, 0.29) is 35.0 Å². The van der Waals surface area contributed by atoms with E-state index in [9.17, 15) is 27.9 Å². The molecule has 10 nitrogen and oxygen atoms in total. The van der Waals surface area contributed by atoms with Gasteiger partial charge < -0.3 is 16.2 Å². The van der Waals surface area contributed by atoms with Gasteiger partial charge in [0, 0.05) is 11.8 Å². The minimum atomic E-state index is -4.57. The normalized spacial score (nSPS) is 12.6. The third-order valence-electron chi connectivity index (χ3n) is 5.10. The zero-order chi connectivity index (χ0) is 24.6. The highest BCUT2D eigenvalue weighted by atomic mass is 19.4. The Morgan fingerprint density at radius 1 is 1.18 bits per heavy atom. The van der Waals surface area contributed by atoms with Gasteiger partial charge in [0.05, 0.1) is 23.9 Å². The van der Waals surface area contributed by atoms with Gasteiger partial charge in [0.25, 0.3) is 5.91 Å². The molecule has 0 aliphatic carbocycles. The fraction of sp³-hybridized carbons (Fsp3) is 0.190. The van der Waals surface area contributed by atoms with Gasteiger partial charge in [0.2, 0.25) is 0 Å². The van der Waals surface area contributed by atoms with E-state index in [1.807, 2.05) is 0 Å². The lowest BCUT2D eigenvalue weighted by atomic mass is 10.2. The van der Waals surface area contributed by atoms with E-state index in [4.69, 9.17) is 5.73 Å². The van der Waals surface area contributed by atoms with Crippen LogP contribution < -0.4 is 16.7 Å². The summed E-state index contributed by atoms with van der Waals surface area (Å²) >= 11 is 0. The van der Waals surface area contributed by atoms with Crippen LogP contribution in [0.2, 0.25) is 0 Å². The Bertz CT molecular complexity index is 1430. The first kappa shape index (κ1) is 22.9. The van der Waals surface area contributed by atoms with Crippen LogP contribution in [-0.4, -0.2) is 41.7 Å². The van der Waals surface area contributed by atoms with Gasteiger partial charge >= 0.3 is 11.9 Å². The lowest BCUT2D eigenvalue weighted by Gasteiger charge is -2.10. The summed E-state index contributed by atoms with van der Waals surface area (Å²) in [6, 6.07) is 6.66. The number of anilines is 2. The number of imidazole rings is 1. The van der Waals surface area contributed by atoms with Crippen LogP contribution in [0.1, 0.15) is 28.9 Å². The van der Waals surface area contributed by atoms with Crippen LogP contribution in [0.25, 0.3) is 16.9 Å². The number of amides is 1. The number of hydrogen-bond donors (Lipinski definition) is 3. The van der Waals surface area contributed by atoms with Crippen molar-refractivity contribution < 1.29 is 23.1 Å². The molecule has 0 bridgehead atoms. The predicted molar refractivity (Wildman–Crippen MR) is 117 cm³/mol. The zero-order valence-electron chi connectivity index (χ0n) is 17.6. The third-order valence-corrected chi connectivity index (χ3v) is 5.10. The SMILES string of the molecule is CC(CO)n1c(=O)n(-c2ccc(C(=O)Nc3cc(C(F)(F)F)ccn3)cc2)c2c(N)ncnc21. The lowest BCUT2D eigenvalue weighted by Crippen LogP contribution is -2.27. The summed E-state index contributed by atoms with van der Waals surface area (Å²) < 4.78 is 41.2. The number of aliphatic hydroxyl groups is 1. The van der Waals surface area contributed by atoms with Crippen molar-refractivity contribution in [3.8, 4) is 5.69 Å². The van der Waals surface area contributed by atoms with E-state index in [0.29, 0.717) is 5.69 Å². The third kappa shape index (κ3) is 4.08. The summed E-state index contributed by atoms with van der Waals surface area (Å²) in [4.78, 5) is 37.4. The van der Waals surface area contributed by atoms with E-state index >= 15 is 0 Å². The molecule has 1 atom stereocenters. The van der Waals surface area contributed by atoms with Crippen molar-refractivity contribution in [2.45, 2.75) is 19.1 Å². The highest BCUT2D eigenvalue weighted by molar-refractivity contribution is 6.03. The topological polar surface area (TPSA) is 141 Å². The molecule has 1 aromatic carbocycles. The fourth-order valence-corrected chi connectivity index (χ4v) is 3.41. The van der Waals surface area contributed by atoms with Crippen molar-refractivity contribution in [2.75, 3.05) is 17.7 Å². The number of alkyl halides is 3. The molecule has 0 aliphatic rings. The summed E-state index contributed by atoms with van der Waals surface area (Å²) in [5, 5.41) is 11.9. The molecular weight excluding hydrogens is 455 g/mol. The summed E-state index contributed by atoms with van der Waals surface area (Å²) in [6.07, 6.45) is -2.42. The molecule has 1 unspecified atom stereocenters. The molecule has 1 amide bonds. The Morgan fingerprint density at radius 2 is 1.88 bits per heavy atom. The number of pyridine rings is 1. The number of halogens is 3. The molecule has 3 aromatic heterocycles. The summed E-state index contributed by atoms with van der Waals surface area (Å²) in [5.74, 6) is -0.903. The Hall–Kier alpha value is -4.26. The number of carbonyl (C=O) groups is 1. The molecule has 3 heterocycles. The van der Waals surface area contributed by atoms with E-state index < -0.39 is 29.4 Å². The van der Waals surface area contributed by atoms with Crippen LogP contribution in [0.15, 0.2) is 53.7 Å². The van der Waals surface area contributed by atoms with E-state index in [2.05, 4.69) is 20.3 Å². The monoisotopic (exact) mass is 473 g/mol. The first-order valence-electron chi connectivity index (χ1n) is 9.91. The van der Waals surface area contributed by atoms with Gasteiger partial charge in [-0.3, -0.25) is 13.9 Å². The first-order chi connectivity index (χ1) is 16.1. The van der Waals surface area contributed by atoms with Crippen molar-refractivity contribution in [1.29, 1.82) is 0 Å². The maximum atomic E-state index is 13.1.